The monoisotopic (exact) mass is 238 g/mol. The van der Waals surface area contributed by atoms with Gasteiger partial charge in [-0.05, 0) is 37.0 Å². The zero-order valence-corrected chi connectivity index (χ0v) is 9.49. The normalized spacial score (nSPS) is 18.9. The molecule has 1 fully saturated rings. The molecule has 0 spiro atoms. The summed E-state index contributed by atoms with van der Waals surface area (Å²) in [5.74, 6) is -1.14. The lowest BCUT2D eigenvalue weighted by Gasteiger charge is -2.33. The summed E-state index contributed by atoms with van der Waals surface area (Å²) in [6, 6.07) is 6.14. The van der Waals surface area contributed by atoms with Gasteiger partial charge in [0.25, 0.3) is 0 Å². The Labute approximate surface area is 99.2 Å². The maximum absolute atomic E-state index is 13.1. The maximum atomic E-state index is 13.1. The summed E-state index contributed by atoms with van der Waals surface area (Å²) in [5, 5.41) is 9.37. The lowest BCUT2D eigenvalue weighted by Crippen LogP contribution is -2.39. The highest BCUT2D eigenvalue weighted by Crippen LogP contribution is 2.34. The summed E-state index contributed by atoms with van der Waals surface area (Å²) >= 11 is 0. The van der Waals surface area contributed by atoms with Crippen molar-refractivity contribution in [1.82, 2.24) is 0 Å². The minimum atomic E-state index is -0.815. The quantitative estimate of drug-likeness (QED) is 0.878. The third-order valence-electron chi connectivity index (χ3n) is 3.34. The van der Waals surface area contributed by atoms with Crippen LogP contribution in [0.2, 0.25) is 0 Å². The highest BCUT2D eigenvalue weighted by atomic mass is 19.1. The molecule has 92 valence electrons. The van der Waals surface area contributed by atoms with Crippen LogP contribution in [0.1, 0.15) is 18.4 Å². The average Bonchev–Trinajstić information content (AvgIpc) is 2.30. The molecule has 1 aliphatic rings. The van der Waals surface area contributed by atoms with Crippen LogP contribution in [0.5, 0.6) is 0 Å². The van der Waals surface area contributed by atoms with Crippen molar-refractivity contribution >= 4 is 5.97 Å². The molecule has 1 aromatic rings. The van der Waals surface area contributed by atoms with Gasteiger partial charge in [0.05, 0.1) is 5.41 Å². The number of carbonyl (C=O) groups is 1. The summed E-state index contributed by atoms with van der Waals surface area (Å²) < 4.78 is 18.3. The molecule has 1 N–H and O–H groups in total. The van der Waals surface area contributed by atoms with Crippen LogP contribution in [-0.4, -0.2) is 24.3 Å². The SMILES string of the molecule is O=C(O)C1(Cc2cccc(F)c2)CCOCC1. The first kappa shape index (κ1) is 12.0. The second kappa shape index (κ2) is 4.84. The topological polar surface area (TPSA) is 46.5 Å². The third kappa shape index (κ3) is 2.64. The van der Waals surface area contributed by atoms with E-state index in [-0.39, 0.29) is 5.82 Å². The number of benzene rings is 1. The minimum absolute atomic E-state index is 0.324. The van der Waals surface area contributed by atoms with Crippen molar-refractivity contribution in [2.75, 3.05) is 13.2 Å². The van der Waals surface area contributed by atoms with Crippen molar-refractivity contribution in [2.24, 2.45) is 5.41 Å². The van der Waals surface area contributed by atoms with Gasteiger partial charge in [0, 0.05) is 13.2 Å². The molecule has 0 saturated carbocycles. The van der Waals surface area contributed by atoms with Gasteiger partial charge in [-0.1, -0.05) is 12.1 Å². The van der Waals surface area contributed by atoms with Crippen molar-refractivity contribution in [3.05, 3.63) is 35.6 Å². The molecule has 3 nitrogen and oxygen atoms in total. The Morgan fingerprint density at radius 2 is 2.12 bits per heavy atom. The lowest BCUT2D eigenvalue weighted by atomic mass is 9.75. The van der Waals surface area contributed by atoms with E-state index in [1.807, 2.05) is 0 Å². The van der Waals surface area contributed by atoms with Crippen LogP contribution in [-0.2, 0) is 16.0 Å². The fourth-order valence-corrected chi connectivity index (χ4v) is 2.27. The zero-order valence-electron chi connectivity index (χ0n) is 9.49. The second-order valence-corrected chi connectivity index (χ2v) is 4.50. The van der Waals surface area contributed by atoms with Crippen molar-refractivity contribution in [2.45, 2.75) is 19.3 Å². The van der Waals surface area contributed by atoms with Gasteiger partial charge in [0.15, 0.2) is 0 Å². The van der Waals surface area contributed by atoms with Crippen LogP contribution >= 0.6 is 0 Å². The molecular formula is C13H15FO3. The van der Waals surface area contributed by atoms with Gasteiger partial charge in [-0.15, -0.1) is 0 Å². The molecule has 0 bridgehead atoms. The Bertz CT molecular complexity index is 411. The van der Waals surface area contributed by atoms with E-state index in [2.05, 4.69) is 0 Å². The lowest BCUT2D eigenvalue weighted by molar-refractivity contribution is -0.154. The van der Waals surface area contributed by atoms with E-state index in [0.717, 1.165) is 5.56 Å². The summed E-state index contributed by atoms with van der Waals surface area (Å²) in [6.07, 6.45) is 1.33. The van der Waals surface area contributed by atoms with Gasteiger partial charge in [0.2, 0.25) is 0 Å². The van der Waals surface area contributed by atoms with E-state index in [4.69, 9.17) is 4.74 Å². The van der Waals surface area contributed by atoms with Gasteiger partial charge < -0.3 is 9.84 Å². The average molecular weight is 238 g/mol. The molecule has 17 heavy (non-hydrogen) atoms. The molecule has 0 aromatic heterocycles. The molecule has 0 atom stereocenters. The Balaban J connectivity index is 2.20. The van der Waals surface area contributed by atoms with Crippen LogP contribution in [0.4, 0.5) is 4.39 Å². The van der Waals surface area contributed by atoms with Crippen molar-refractivity contribution < 1.29 is 19.0 Å². The van der Waals surface area contributed by atoms with Crippen molar-refractivity contribution in [3.8, 4) is 0 Å². The number of ether oxygens (including phenoxy) is 1. The highest BCUT2D eigenvalue weighted by Gasteiger charge is 2.40. The molecule has 1 heterocycles. The number of halogens is 1. The fourth-order valence-electron chi connectivity index (χ4n) is 2.27. The molecule has 0 aliphatic carbocycles. The minimum Gasteiger partial charge on any atom is -0.481 e. The molecule has 0 unspecified atom stereocenters. The molecule has 1 saturated heterocycles. The Morgan fingerprint density at radius 1 is 1.41 bits per heavy atom. The van der Waals surface area contributed by atoms with Crippen LogP contribution < -0.4 is 0 Å². The Hall–Kier alpha value is -1.42. The maximum Gasteiger partial charge on any atom is 0.310 e. The molecule has 1 aliphatic heterocycles. The number of aliphatic carboxylic acids is 1. The molecule has 1 aromatic carbocycles. The third-order valence-corrected chi connectivity index (χ3v) is 3.34. The predicted molar refractivity (Wildman–Crippen MR) is 60.2 cm³/mol. The number of hydrogen-bond donors (Lipinski definition) is 1. The molecule has 2 rings (SSSR count). The van der Waals surface area contributed by atoms with Gasteiger partial charge in [0.1, 0.15) is 5.82 Å². The van der Waals surface area contributed by atoms with Gasteiger partial charge >= 0.3 is 5.97 Å². The van der Waals surface area contributed by atoms with Crippen LogP contribution in [0.25, 0.3) is 0 Å². The Morgan fingerprint density at radius 3 is 2.71 bits per heavy atom. The van der Waals surface area contributed by atoms with E-state index in [1.54, 1.807) is 12.1 Å². The number of rotatable bonds is 3. The largest absolute Gasteiger partial charge is 0.481 e. The molecule has 0 amide bonds. The van der Waals surface area contributed by atoms with Gasteiger partial charge in [-0.2, -0.15) is 0 Å². The van der Waals surface area contributed by atoms with Crippen LogP contribution in [0.3, 0.4) is 0 Å². The van der Waals surface area contributed by atoms with Gasteiger partial charge in [-0.25, -0.2) is 4.39 Å². The standard InChI is InChI=1S/C13H15FO3/c14-11-3-1-2-10(8-11)9-13(12(15)16)4-6-17-7-5-13/h1-3,8H,4-7,9H2,(H,15,16). The fraction of sp³-hybridized carbons (Fsp3) is 0.462. The molecule has 0 radical (unpaired) electrons. The first-order valence-corrected chi connectivity index (χ1v) is 5.68. The van der Waals surface area contributed by atoms with Crippen molar-refractivity contribution in [3.63, 3.8) is 0 Å². The Kier molecular flexibility index (Phi) is 3.43. The van der Waals surface area contributed by atoms with E-state index in [1.165, 1.54) is 12.1 Å². The predicted octanol–water partition coefficient (Wildman–Crippen LogP) is 2.25. The van der Waals surface area contributed by atoms with Crippen LogP contribution in [0.15, 0.2) is 24.3 Å². The molecular weight excluding hydrogens is 223 g/mol. The number of hydrogen-bond acceptors (Lipinski definition) is 2. The van der Waals surface area contributed by atoms with Crippen molar-refractivity contribution in [1.29, 1.82) is 0 Å². The summed E-state index contributed by atoms with van der Waals surface area (Å²) in [4.78, 5) is 11.4. The highest BCUT2D eigenvalue weighted by molar-refractivity contribution is 5.75. The number of carboxylic acid groups (broad SMARTS) is 1. The smallest absolute Gasteiger partial charge is 0.310 e. The first-order chi connectivity index (χ1) is 8.12. The number of carboxylic acids is 1. The molecule has 4 heteroatoms. The summed E-state index contributed by atoms with van der Waals surface area (Å²) in [7, 11) is 0. The van der Waals surface area contributed by atoms with E-state index in [9.17, 15) is 14.3 Å². The van der Waals surface area contributed by atoms with E-state index >= 15 is 0 Å². The summed E-state index contributed by atoms with van der Waals surface area (Å²) in [5.41, 5.74) is -0.0687. The van der Waals surface area contributed by atoms with Gasteiger partial charge in [-0.3, -0.25) is 4.79 Å². The van der Waals surface area contributed by atoms with E-state index < -0.39 is 11.4 Å². The van der Waals surface area contributed by atoms with E-state index in [0.29, 0.717) is 32.5 Å². The second-order valence-electron chi connectivity index (χ2n) is 4.50. The first-order valence-electron chi connectivity index (χ1n) is 5.68. The zero-order chi connectivity index (χ0) is 12.3. The van der Waals surface area contributed by atoms with Crippen LogP contribution in [0, 0.1) is 11.2 Å². The summed E-state index contributed by atoms with van der Waals surface area (Å²) in [6.45, 7) is 0.920.